The van der Waals surface area contributed by atoms with E-state index < -0.39 is 0 Å². The molecule has 0 amide bonds. The lowest BCUT2D eigenvalue weighted by Gasteiger charge is -2.29. The van der Waals surface area contributed by atoms with Gasteiger partial charge in [-0.2, -0.15) is 0 Å². The molecule has 0 unspecified atom stereocenters. The number of piperidine rings is 1. The molecule has 4 heterocycles. The summed E-state index contributed by atoms with van der Waals surface area (Å²) >= 11 is 0. The number of anilines is 2. The predicted molar refractivity (Wildman–Crippen MR) is 81.0 cm³/mol. The van der Waals surface area contributed by atoms with Crippen molar-refractivity contribution < 1.29 is 4.42 Å². The first-order chi connectivity index (χ1) is 10.3. The third-order valence-electron chi connectivity index (χ3n) is 4.47. The molecule has 0 radical (unpaired) electrons. The summed E-state index contributed by atoms with van der Waals surface area (Å²) in [5.41, 5.74) is 7.35. The Labute approximate surface area is 123 Å². The molecule has 0 spiro atoms. The van der Waals surface area contributed by atoms with Gasteiger partial charge < -0.3 is 20.0 Å². The van der Waals surface area contributed by atoms with Crippen molar-refractivity contribution in [3.8, 4) is 11.5 Å². The van der Waals surface area contributed by atoms with Gasteiger partial charge in [0, 0.05) is 43.5 Å². The molecule has 0 saturated carbocycles. The third kappa shape index (κ3) is 2.35. The molecule has 1 aromatic carbocycles. The van der Waals surface area contributed by atoms with Crippen LogP contribution in [0.5, 0.6) is 0 Å². The number of nitrogen functional groups attached to an aromatic ring is 1. The zero-order valence-electron chi connectivity index (χ0n) is 11.9. The Hall–Kier alpha value is -2.08. The van der Waals surface area contributed by atoms with Crippen LogP contribution in [0.15, 0.2) is 28.7 Å². The van der Waals surface area contributed by atoms with E-state index in [4.69, 9.17) is 10.2 Å². The van der Waals surface area contributed by atoms with Crippen LogP contribution in [0.2, 0.25) is 0 Å². The van der Waals surface area contributed by atoms with Crippen molar-refractivity contribution in [1.29, 1.82) is 0 Å². The van der Waals surface area contributed by atoms with Gasteiger partial charge in [0.25, 0.3) is 0 Å². The quantitative estimate of drug-likeness (QED) is 0.845. The average molecular weight is 285 g/mol. The Morgan fingerprint density at radius 2 is 1.76 bits per heavy atom. The second-order valence-corrected chi connectivity index (χ2v) is 5.78. The predicted octanol–water partition coefficient (Wildman–Crippen LogP) is 1.60. The first-order valence-electron chi connectivity index (χ1n) is 7.48. The van der Waals surface area contributed by atoms with Gasteiger partial charge in [-0.3, -0.25) is 0 Å². The van der Waals surface area contributed by atoms with Crippen LogP contribution in [-0.2, 0) is 0 Å². The van der Waals surface area contributed by atoms with Crippen LogP contribution in [0.25, 0.3) is 11.5 Å². The van der Waals surface area contributed by atoms with Gasteiger partial charge in [0.15, 0.2) is 0 Å². The summed E-state index contributed by atoms with van der Waals surface area (Å²) in [5, 5.41) is 8.45. The number of fused-ring (bicyclic) bond motifs is 4. The van der Waals surface area contributed by atoms with Crippen LogP contribution in [-0.4, -0.2) is 47.3 Å². The van der Waals surface area contributed by atoms with Crippen LogP contribution in [0.1, 0.15) is 12.8 Å². The van der Waals surface area contributed by atoms with Gasteiger partial charge in [-0.25, -0.2) is 0 Å². The van der Waals surface area contributed by atoms with E-state index >= 15 is 0 Å². The summed E-state index contributed by atoms with van der Waals surface area (Å²) in [6.07, 6.45) is 2.36. The molecular formula is C15H19N5O. The molecule has 2 bridgehead atoms. The molecule has 1 aromatic heterocycles. The van der Waals surface area contributed by atoms with Gasteiger partial charge in [0.1, 0.15) is 0 Å². The average Bonchev–Trinajstić information content (AvgIpc) is 2.81. The first kappa shape index (κ1) is 12.6. The number of nitrogens with zero attached hydrogens (tertiary/aromatic N) is 4. The van der Waals surface area contributed by atoms with Crippen LogP contribution < -0.4 is 10.6 Å². The Morgan fingerprint density at radius 3 is 2.52 bits per heavy atom. The van der Waals surface area contributed by atoms with Crippen molar-refractivity contribution in [3.05, 3.63) is 24.3 Å². The highest BCUT2D eigenvalue weighted by Crippen LogP contribution is 2.28. The Bertz CT molecular complexity index is 615. The fourth-order valence-corrected chi connectivity index (χ4v) is 3.21. The summed E-state index contributed by atoms with van der Waals surface area (Å²) in [5.74, 6) is 0.559. The van der Waals surface area contributed by atoms with E-state index in [9.17, 15) is 0 Å². The molecule has 6 nitrogen and oxygen atoms in total. The molecule has 0 aliphatic carbocycles. The topological polar surface area (TPSA) is 71.4 Å². The maximum atomic E-state index is 5.90. The fourth-order valence-electron chi connectivity index (χ4n) is 3.21. The molecule has 110 valence electrons. The Balaban J connectivity index is 1.60. The standard InChI is InChI=1S/C15H19N5O/c16-12-3-1-11(2-4-12)14-17-18-15(21-14)20-10-9-19-7-5-13(20)6-8-19/h1-4,13H,5-10,16H2. The molecule has 3 fully saturated rings. The Morgan fingerprint density at radius 1 is 1.00 bits per heavy atom. The minimum Gasteiger partial charge on any atom is -0.403 e. The highest BCUT2D eigenvalue weighted by atomic mass is 16.4. The minimum absolute atomic E-state index is 0.531. The summed E-state index contributed by atoms with van der Waals surface area (Å²) in [6, 6.07) is 8.69. The molecule has 2 N–H and O–H groups in total. The van der Waals surface area contributed by atoms with Crippen LogP contribution in [0.4, 0.5) is 11.7 Å². The van der Waals surface area contributed by atoms with Crippen molar-refractivity contribution in [2.75, 3.05) is 36.8 Å². The molecule has 3 aliphatic rings. The largest absolute Gasteiger partial charge is 0.403 e. The van der Waals surface area contributed by atoms with E-state index in [1.807, 2.05) is 24.3 Å². The van der Waals surface area contributed by atoms with Gasteiger partial charge in [0.2, 0.25) is 5.89 Å². The van der Waals surface area contributed by atoms with Crippen LogP contribution in [0, 0.1) is 0 Å². The lowest BCUT2D eigenvalue weighted by atomic mass is 10.1. The number of benzene rings is 1. The van der Waals surface area contributed by atoms with Gasteiger partial charge >= 0.3 is 6.01 Å². The van der Waals surface area contributed by atoms with E-state index in [2.05, 4.69) is 20.0 Å². The summed E-state index contributed by atoms with van der Waals surface area (Å²) < 4.78 is 5.90. The zero-order valence-corrected chi connectivity index (χ0v) is 11.9. The highest BCUT2D eigenvalue weighted by Gasteiger charge is 2.31. The van der Waals surface area contributed by atoms with E-state index in [0.29, 0.717) is 17.9 Å². The summed E-state index contributed by atoms with van der Waals surface area (Å²) in [6.45, 7) is 4.41. The SMILES string of the molecule is Nc1ccc(-c2nnc(N3CCN4CCC3CC4)o2)cc1. The van der Waals surface area contributed by atoms with Crippen LogP contribution >= 0.6 is 0 Å². The normalized spacial score (nSPS) is 25.0. The first-order valence-corrected chi connectivity index (χ1v) is 7.48. The fraction of sp³-hybridized carbons (Fsp3) is 0.467. The zero-order chi connectivity index (χ0) is 14.2. The monoisotopic (exact) mass is 285 g/mol. The number of hydrogen-bond acceptors (Lipinski definition) is 6. The van der Waals surface area contributed by atoms with Crippen molar-refractivity contribution >= 4 is 11.7 Å². The maximum absolute atomic E-state index is 5.90. The minimum atomic E-state index is 0.531. The molecule has 2 aromatic rings. The van der Waals surface area contributed by atoms with E-state index in [1.54, 1.807) is 0 Å². The molecule has 0 atom stereocenters. The number of hydrogen-bond donors (Lipinski definition) is 1. The molecule has 21 heavy (non-hydrogen) atoms. The van der Waals surface area contributed by atoms with Gasteiger partial charge in [-0.05, 0) is 37.1 Å². The lowest BCUT2D eigenvalue weighted by Crippen LogP contribution is -2.38. The second kappa shape index (κ2) is 5.04. The highest BCUT2D eigenvalue weighted by molar-refractivity contribution is 5.57. The second-order valence-electron chi connectivity index (χ2n) is 5.78. The van der Waals surface area contributed by atoms with Crippen molar-refractivity contribution in [2.45, 2.75) is 18.9 Å². The summed E-state index contributed by atoms with van der Waals surface area (Å²) in [7, 11) is 0. The van der Waals surface area contributed by atoms with Gasteiger partial charge in [0.05, 0.1) is 0 Å². The van der Waals surface area contributed by atoms with Crippen molar-refractivity contribution in [2.24, 2.45) is 0 Å². The van der Waals surface area contributed by atoms with Crippen molar-refractivity contribution in [1.82, 2.24) is 15.1 Å². The molecule has 3 saturated heterocycles. The lowest BCUT2D eigenvalue weighted by molar-refractivity contribution is 0.249. The molecule has 5 rings (SSSR count). The van der Waals surface area contributed by atoms with Crippen LogP contribution in [0.3, 0.4) is 0 Å². The summed E-state index contributed by atoms with van der Waals surface area (Å²) in [4.78, 5) is 4.79. The van der Waals surface area contributed by atoms with Gasteiger partial charge in [-0.1, -0.05) is 5.10 Å². The smallest absolute Gasteiger partial charge is 0.318 e. The van der Waals surface area contributed by atoms with Gasteiger partial charge in [-0.15, -0.1) is 5.10 Å². The molecule has 6 heteroatoms. The maximum Gasteiger partial charge on any atom is 0.318 e. The van der Waals surface area contributed by atoms with E-state index in [0.717, 1.165) is 24.3 Å². The van der Waals surface area contributed by atoms with E-state index in [-0.39, 0.29) is 0 Å². The molecule has 3 aliphatic heterocycles. The third-order valence-corrected chi connectivity index (χ3v) is 4.47. The number of nitrogens with two attached hydrogens (primary N) is 1. The number of aromatic nitrogens is 2. The molecular weight excluding hydrogens is 266 g/mol. The van der Waals surface area contributed by atoms with Crippen molar-refractivity contribution in [3.63, 3.8) is 0 Å². The van der Waals surface area contributed by atoms with E-state index in [1.165, 1.54) is 25.9 Å². The number of rotatable bonds is 2. The Kier molecular flexibility index (Phi) is 3.03.